The number of rotatable bonds is 9. The summed E-state index contributed by atoms with van der Waals surface area (Å²) in [6, 6.07) is 17.3. The lowest BCUT2D eigenvalue weighted by atomic mass is 9.97. The number of nitrogens with zero attached hydrogens (tertiary/aromatic N) is 1. The zero-order valence-electron chi connectivity index (χ0n) is 18.3. The van der Waals surface area contributed by atoms with Crippen LogP contribution in [-0.2, 0) is 21.2 Å². The third kappa shape index (κ3) is 7.08. The number of anilines is 1. The van der Waals surface area contributed by atoms with Gasteiger partial charge >= 0.3 is 0 Å². The Labute approximate surface area is 185 Å². The standard InChI is InChI=1S/C24H32N2O4S/c1-19(2)30-23-12-6-11-22(18-23)25-24(27)21-13-15-26(16-14-21)31(28,29)17-7-10-20-8-4-3-5-9-20/h3-6,8-9,11-12,18-19,21H,7,10,13-17H2,1-2H3,(H,25,27). The largest absolute Gasteiger partial charge is 0.491 e. The van der Waals surface area contributed by atoms with Crippen molar-refractivity contribution in [3.05, 3.63) is 60.2 Å². The summed E-state index contributed by atoms with van der Waals surface area (Å²) in [6.07, 6.45) is 2.47. The van der Waals surface area contributed by atoms with Crippen LogP contribution in [0.1, 0.15) is 38.7 Å². The number of carbonyl (C=O) groups excluding carboxylic acids is 1. The molecule has 0 bridgehead atoms. The zero-order valence-corrected chi connectivity index (χ0v) is 19.1. The Hall–Kier alpha value is -2.38. The van der Waals surface area contributed by atoms with E-state index >= 15 is 0 Å². The summed E-state index contributed by atoms with van der Waals surface area (Å²) in [6.45, 7) is 4.69. The molecule has 168 valence electrons. The van der Waals surface area contributed by atoms with Crippen molar-refractivity contribution in [1.82, 2.24) is 4.31 Å². The number of nitrogens with one attached hydrogen (secondary N) is 1. The van der Waals surface area contributed by atoms with Crippen molar-refractivity contribution in [3.8, 4) is 5.75 Å². The molecule has 1 fully saturated rings. The second kappa shape index (κ2) is 10.8. The van der Waals surface area contributed by atoms with E-state index in [9.17, 15) is 13.2 Å². The van der Waals surface area contributed by atoms with Crippen LogP contribution in [0.25, 0.3) is 0 Å². The Morgan fingerprint density at radius 1 is 1.10 bits per heavy atom. The molecular weight excluding hydrogens is 412 g/mol. The highest BCUT2D eigenvalue weighted by Gasteiger charge is 2.30. The average Bonchev–Trinajstić information content (AvgIpc) is 2.74. The molecule has 0 spiro atoms. The van der Waals surface area contributed by atoms with Crippen molar-refractivity contribution < 1.29 is 17.9 Å². The Bertz CT molecular complexity index is 953. The van der Waals surface area contributed by atoms with Gasteiger partial charge in [-0.1, -0.05) is 36.4 Å². The number of aryl methyl sites for hydroxylation is 1. The molecule has 0 aliphatic carbocycles. The summed E-state index contributed by atoms with van der Waals surface area (Å²) in [5, 5.41) is 2.94. The minimum Gasteiger partial charge on any atom is -0.491 e. The Morgan fingerprint density at radius 3 is 2.48 bits per heavy atom. The predicted octanol–water partition coefficient (Wildman–Crippen LogP) is 4.09. The Balaban J connectivity index is 1.46. The fraction of sp³-hybridized carbons (Fsp3) is 0.458. The smallest absolute Gasteiger partial charge is 0.227 e. The van der Waals surface area contributed by atoms with Crippen molar-refractivity contribution in [1.29, 1.82) is 0 Å². The van der Waals surface area contributed by atoms with Crippen molar-refractivity contribution in [2.45, 2.75) is 45.6 Å². The first-order chi connectivity index (χ1) is 14.8. The van der Waals surface area contributed by atoms with Crippen LogP contribution in [0.4, 0.5) is 5.69 Å². The summed E-state index contributed by atoms with van der Waals surface area (Å²) in [5.74, 6) is 0.596. The highest BCUT2D eigenvalue weighted by Crippen LogP contribution is 2.24. The molecule has 0 radical (unpaired) electrons. The van der Waals surface area contributed by atoms with Crippen LogP contribution in [0.2, 0.25) is 0 Å². The van der Waals surface area contributed by atoms with Gasteiger partial charge in [0.15, 0.2) is 0 Å². The molecule has 2 aromatic rings. The third-order valence-corrected chi connectivity index (χ3v) is 7.36. The molecule has 0 unspecified atom stereocenters. The number of carbonyl (C=O) groups is 1. The van der Waals surface area contributed by atoms with Crippen molar-refractivity contribution in [2.24, 2.45) is 5.92 Å². The third-order valence-electron chi connectivity index (χ3n) is 5.40. The predicted molar refractivity (Wildman–Crippen MR) is 124 cm³/mol. The minimum absolute atomic E-state index is 0.0601. The van der Waals surface area contributed by atoms with E-state index in [1.165, 1.54) is 0 Å². The van der Waals surface area contributed by atoms with Gasteiger partial charge < -0.3 is 10.1 Å². The van der Waals surface area contributed by atoms with Gasteiger partial charge in [0.2, 0.25) is 15.9 Å². The average molecular weight is 445 g/mol. The Morgan fingerprint density at radius 2 is 1.81 bits per heavy atom. The summed E-state index contributed by atoms with van der Waals surface area (Å²) in [4.78, 5) is 12.7. The maximum atomic E-state index is 12.7. The van der Waals surface area contributed by atoms with Gasteiger partial charge in [-0.05, 0) is 57.2 Å². The number of benzene rings is 2. The maximum absolute atomic E-state index is 12.7. The molecule has 1 saturated heterocycles. The lowest BCUT2D eigenvalue weighted by Gasteiger charge is -2.30. The molecule has 0 saturated carbocycles. The first-order valence-electron chi connectivity index (χ1n) is 10.9. The van der Waals surface area contributed by atoms with Crippen molar-refractivity contribution in [3.63, 3.8) is 0 Å². The number of sulfonamides is 1. The van der Waals surface area contributed by atoms with Crippen molar-refractivity contribution in [2.75, 3.05) is 24.2 Å². The number of ether oxygens (including phenoxy) is 1. The van der Waals surface area contributed by atoms with Crippen molar-refractivity contribution >= 4 is 21.6 Å². The molecule has 3 rings (SSSR count). The van der Waals surface area contributed by atoms with E-state index in [0.29, 0.717) is 43.8 Å². The summed E-state index contributed by atoms with van der Waals surface area (Å²) in [5.41, 5.74) is 1.84. The second-order valence-electron chi connectivity index (χ2n) is 8.26. The molecule has 0 atom stereocenters. The van der Waals surface area contributed by atoms with Crippen LogP contribution in [0.15, 0.2) is 54.6 Å². The van der Waals surface area contributed by atoms with Gasteiger partial charge in [-0.2, -0.15) is 0 Å². The molecule has 0 aromatic heterocycles. The van der Waals surface area contributed by atoms with Gasteiger partial charge in [-0.3, -0.25) is 4.79 Å². The van der Waals surface area contributed by atoms with E-state index < -0.39 is 10.0 Å². The molecule has 1 N–H and O–H groups in total. The number of amides is 1. The molecule has 31 heavy (non-hydrogen) atoms. The molecule has 1 heterocycles. The summed E-state index contributed by atoms with van der Waals surface area (Å²) < 4.78 is 32.6. The monoisotopic (exact) mass is 444 g/mol. The maximum Gasteiger partial charge on any atom is 0.227 e. The van der Waals surface area contributed by atoms with E-state index in [1.54, 1.807) is 4.31 Å². The van der Waals surface area contributed by atoms with Gasteiger partial charge in [0.25, 0.3) is 0 Å². The molecular formula is C24H32N2O4S. The fourth-order valence-electron chi connectivity index (χ4n) is 3.79. The van der Waals surface area contributed by atoms with E-state index in [-0.39, 0.29) is 23.7 Å². The molecule has 1 aliphatic heterocycles. The van der Waals surface area contributed by atoms with Crippen LogP contribution in [0.3, 0.4) is 0 Å². The molecule has 1 amide bonds. The van der Waals surface area contributed by atoms with E-state index in [0.717, 1.165) is 12.0 Å². The lowest BCUT2D eigenvalue weighted by Crippen LogP contribution is -2.42. The van der Waals surface area contributed by atoms with E-state index in [2.05, 4.69) is 5.32 Å². The topological polar surface area (TPSA) is 75.7 Å². The molecule has 1 aliphatic rings. The zero-order chi connectivity index (χ0) is 22.3. The van der Waals surface area contributed by atoms with Gasteiger partial charge in [0.05, 0.1) is 11.9 Å². The van der Waals surface area contributed by atoms with Gasteiger partial charge in [-0.25, -0.2) is 12.7 Å². The van der Waals surface area contributed by atoms with Crippen LogP contribution in [-0.4, -0.2) is 43.6 Å². The highest BCUT2D eigenvalue weighted by molar-refractivity contribution is 7.89. The highest BCUT2D eigenvalue weighted by atomic mass is 32.2. The van der Waals surface area contributed by atoms with E-state index in [4.69, 9.17) is 4.74 Å². The summed E-state index contributed by atoms with van der Waals surface area (Å²) >= 11 is 0. The number of hydrogen-bond acceptors (Lipinski definition) is 4. The fourth-order valence-corrected chi connectivity index (χ4v) is 5.33. The second-order valence-corrected chi connectivity index (χ2v) is 10.4. The quantitative estimate of drug-likeness (QED) is 0.632. The van der Waals surface area contributed by atoms with Gasteiger partial charge in [-0.15, -0.1) is 0 Å². The first kappa shape index (κ1) is 23.3. The molecule has 7 heteroatoms. The summed E-state index contributed by atoms with van der Waals surface area (Å²) in [7, 11) is -3.29. The van der Waals surface area contributed by atoms with Crippen LogP contribution < -0.4 is 10.1 Å². The SMILES string of the molecule is CC(C)Oc1cccc(NC(=O)C2CCN(S(=O)(=O)CCCc3ccccc3)CC2)c1. The minimum atomic E-state index is -3.29. The normalized spacial score (nSPS) is 15.7. The van der Waals surface area contributed by atoms with Crippen LogP contribution in [0.5, 0.6) is 5.75 Å². The Kier molecular flexibility index (Phi) is 8.09. The first-order valence-corrected chi connectivity index (χ1v) is 12.5. The lowest BCUT2D eigenvalue weighted by molar-refractivity contribution is -0.120. The van der Waals surface area contributed by atoms with Gasteiger partial charge in [0, 0.05) is 30.8 Å². The van der Waals surface area contributed by atoms with Gasteiger partial charge in [0.1, 0.15) is 5.75 Å². The number of hydrogen-bond donors (Lipinski definition) is 1. The molecule has 6 nitrogen and oxygen atoms in total. The van der Waals surface area contributed by atoms with Crippen LogP contribution in [0, 0.1) is 5.92 Å². The molecule has 2 aromatic carbocycles. The van der Waals surface area contributed by atoms with E-state index in [1.807, 2.05) is 68.4 Å². The number of piperidine rings is 1. The van der Waals surface area contributed by atoms with Crippen LogP contribution >= 0.6 is 0 Å².